The number of aliphatic hydroxyl groups excluding tert-OH is 1. The van der Waals surface area contributed by atoms with Crippen LogP contribution in [0.25, 0.3) is 0 Å². The number of alkyl halides is 6. The molecule has 1 N–H and O–H groups in total. The molecule has 3 atom stereocenters. The number of aliphatic hydroxyl groups is 1. The van der Waals surface area contributed by atoms with E-state index in [9.17, 15) is 40.6 Å². The largest absolute Gasteiger partial charge is 0.416 e. The van der Waals surface area contributed by atoms with Gasteiger partial charge in [0.05, 0.1) is 17.2 Å². The minimum absolute atomic E-state index is 0.0205. The van der Waals surface area contributed by atoms with Crippen molar-refractivity contribution < 1.29 is 50.1 Å². The predicted molar refractivity (Wildman–Crippen MR) is 97.7 cm³/mol. The van der Waals surface area contributed by atoms with Crippen molar-refractivity contribution >= 4 is 5.78 Å². The Bertz CT molecular complexity index is 891. The van der Waals surface area contributed by atoms with Crippen molar-refractivity contribution in [1.82, 2.24) is 0 Å². The first-order valence-electron chi connectivity index (χ1n) is 9.18. The maximum absolute atomic E-state index is 13.1. The lowest BCUT2D eigenvalue weighted by Gasteiger charge is -2.27. The van der Waals surface area contributed by atoms with E-state index in [1.807, 2.05) is 0 Å². The molecule has 0 aliphatic heterocycles. The van der Waals surface area contributed by atoms with Gasteiger partial charge in [-0.05, 0) is 55.3 Å². The molecule has 0 fully saturated rings. The Morgan fingerprint density at radius 2 is 1.44 bits per heavy atom. The molecule has 0 bridgehead atoms. The molecule has 0 spiro atoms. The third-order valence-electron chi connectivity index (χ3n) is 4.34. The summed E-state index contributed by atoms with van der Waals surface area (Å²) in [5.74, 6) is -1.09. The minimum atomic E-state index is -5.05. The summed E-state index contributed by atoms with van der Waals surface area (Å²) in [5.41, 5.74) is -3.45. The van der Waals surface area contributed by atoms with Crippen LogP contribution in [0.5, 0.6) is 0 Å². The van der Waals surface area contributed by atoms with E-state index in [0.717, 1.165) is 26.0 Å². The van der Waals surface area contributed by atoms with E-state index >= 15 is 0 Å². The summed E-state index contributed by atoms with van der Waals surface area (Å²) >= 11 is 0. The van der Waals surface area contributed by atoms with E-state index < -0.39 is 65.7 Å². The van der Waals surface area contributed by atoms with Crippen molar-refractivity contribution in [1.29, 1.82) is 0 Å². The Labute approximate surface area is 178 Å². The number of carbonyl (C=O) groups is 1. The van der Waals surface area contributed by atoms with Crippen molar-refractivity contribution in [2.75, 3.05) is 6.61 Å². The molecule has 2 rings (SSSR count). The molecule has 2 aromatic rings. The monoisotopic (exact) mass is 468 g/mol. The lowest BCUT2D eigenvalue weighted by molar-refractivity contribution is -0.216. The van der Waals surface area contributed by atoms with Crippen LogP contribution in [-0.2, 0) is 26.6 Å². The fraction of sp³-hybridized carbons (Fsp3) is 0.381. The average Bonchev–Trinajstić information content (AvgIpc) is 2.69. The van der Waals surface area contributed by atoms with Crippen molar-refractivity contribution in [3.63, 3.8) is 0 Å². The Morgan fingerprint density at radius 3 is 1.88 bits per heavy atom. The van der Waals surface area contributed by atoms with Crippen LogP contribution in [0.3, 0.4) is 0 Å². The number of ether oxygens (including phenoxy) is 2. The first kappa shape index (κ1) is 25.8. The van der Waals surface area contributed by atoms with Crippen molar-refractivity contribution in [2.24, 2.45) is 0 Å². The minimum Gasteiger partial charge on any atom is -0.383 e. The zero-order valence-corrected chi connectivity index (χ0v) is 16.8. The fourth-order valence-electron chi connectivity index (χ4n) is 2.71. The van der Waals surface area contributed by atoms with Crippen LogP contribution in [0.1, 0.15) is 48.3 Å². The van der Waals surface area contributed by atoms with Gasteiger partial charge in [-0.25, -0.2) is 4.39 Å². The number of Topliss-reactive ketones (excluding diaryl/α,β-unsaturated/α-hetero) is 1. The van der Waals surface area contributed by atoms with Crippen LogP contribution in [0.2, 0.25) is 0 Å². The second-order valence-corrected chi connectivity index (χ2v) is 7.00. The molecule has 0 saturated carbocycles. The highest BCUT2D eigenvalue weighted by Gasteiger charge is 2.38. The van der Waals surface area contributed by atoms with Gasteiger partial charge in [0.1, 0.15) is 18.5 Å². The summed E-state index contributed by atoms with van der Waals surface area (Å²) in [7, 11) is 0. The highest BCUT2D eigenvalue weighted by Crippen LogP contribution is 2.38. The van der Waals surface area contributed by atoms with Crippen LogP contribution in [0, 0.1) is 5.82 Å². The maximum Gasteiger partial charge on any atom is 0.416 e. The van der Waals surface area contributed by atoms with Gasteiger partial charge in [-0.2, -0.15) is 26.3 Å². The van der Waals surface area contributed by atoms with Crippen LogP contribution < -0.4 is 0 Å². The number of rotatable bonds is 8. The molecule has 2 aromatic carbocycles. The summed E-state index contributed by atoms with van der Waals surface area (Å²) in [6.07, 6.45) is -14.8. The molecular weight excluding hydrogens is 449 g/mol. The van der Waals surface area contributed by atoms with Crippen molar-refractivity contribution in [2.45, 2.75) is 44.7 Å². The average molecular weight is 468 g/mol. The molecule has 4 nitrogen and oxygen atoms in total. The second-order valence-electron chi connectivity index (χ2n) is 7.00. The molecular formula is C21H19F7O4. The predicted octanol–water partition coefficient (Wildman–Crippen LogP) is 5.61. The Hall–Kier alpha value is -2.50. The molecule has 11 heteroatoms. The van der Waals surface area contributed by atoms with Crippen molar-refractivity contribution in [3.8, 4) is 0 Å². The van der Waals surface area contributed by atoms with E-state index in [1.54, 1.807) is 0 Å². The molecule has 0 aliphatic rings. The first-order valence-corrected chi connectivity index (χ1v) is 9.18. The van der Waals surface area contributed by atoms with Gasteiger partial charge < -0.3 is 14.6 Å². The summed E-state index contributed by atoms with van der Waals surface area (Å²) in [6.45, 7) is 1.77. The molecule has 176 valence electrons. The van der Waals surface area contributed by atoms with Gasteiger partial charge in [0.15, 0.2) is 12.1 Å². The topological polar surface area (TPSA) is 55.8 Å². The standard InChI is InChI=1S/C21H19F7O4/c1-11(29)10-31-19(18(30)13-3-5-17(22)6-4-13)32-12(2)14-7-15(20(23,24)25)9-16(8-14)21(26,27)28/h3-9,12,18-19,30H,10H2,1-2H3. The van der Waals surface area contributed by atoms with Gasteiger partial charge in [0.2, 0.25) is 0 Å². The molecule has 32 heavy (non-hydrogen) atoms. The van der Waals surface area contributed by atoms with Crippen molar-refractivity contribution in [3.05, 3.63) is 70.5 Å². The SMILES string of the molecule is CC(=O)COC(OC(C)c1cc(C(F)(F)F)cc(C(F)(F)F)c1)C(O)c1ccc(F)cc1. The van der Waals surface area contributed by atoms with Gasteiger partial charge in [0, 0.05) is 0 Å². The molecule has 0 radical (unpaired) electrons. The lowest BCUT2D eigenvalue weighted by Crippen LogP contribution is -2.29. The van der Waals surface area contributed by atoms with Gasteiger partial charge in [0.25, 0.3) is 0 Å². The smallest absolute Gasteiger partial charge is 0.383 e. The number of ketones is 1. The zero-order chi connectivity index (χ0) is 24.3. The Kier molecular flexibility index (Phi) is 8.02. The van der Waals surface area contributed by atoms with E-state index in [4.69, 9.17) is 9.47 Å². The molecule has 0 aliphatic carbocycles. The number of hydrogen-bond donors (Lipinski definition) is 1. The van der Waals surface area contributed by atoms with Gasteiger partial charge in [-0.15, -0.1) is 0 Å². The van der Waals surface area contributed by atoms with E-state index in [-0.39, 0.29) is 11.6 Å². The number of hydrogen-bond acceptors (Lipinski definition) is 4. The summed E-state index contributed by atoms with van der Waals surface area (Å²) in [4.78, 5) is 11.3. The molecule has 0 heterocycles. The third-order valence-corrected chi connectivity index (χ3v) is 4.34. The second kappa shape index (κ2) is 9.97. The highest BCUT2D eigenvalue weighted by molar-refractivity contribution is 5.76. The van der Waals surface area contributed by atoms with E-state index in [2.05, 4.69) is 0 Å². The van der Waals surface area contributed by atoms with E-state index in [1.165, 1.54) is 12.1 Å². The molecule has 3 unspecified atom stereocenters. The molecule has 0 amide bonds. The number of carbonyl (C=O) groups excluding carboxylic acids is 1. The first-order chi connectivity index (χ1) is 14.7. The highest BCUT2D eigenvalue weighted by atomic mass is 19.4. The summed E-state index contributed by atoms with van der Waals surface area (Å²) in [5, 5.41) is 10.5. The van der Waals surface area contributed by atoms with Gasteiger partial charge in [-0.3, -0.25) is 4.79 Å². The lowest BCUT2D eigenvalue weighted by atomic mass is 10.0. The van der Waals surface area contributed by atoms with Crippen LogP contribution >= 0.6 is 0 Å². The summed E-state index contributed by atoms with van der Waals surface area (Å²) in [6, 6.07) is 5.37. The maximum atomic E-state index is 13.1. The van der Waals surface area contributed by atoms with Gasteiger partial charge >= 0.3 is 12.4 Å². The number of halogens is 7. The Morgan fingerprint density at radius 1 is 0.938 bits per heavy atom. The van der Waals surface area contributed by atoms with Gasteiger partial charge in [-0.1, -0.05) is 12.1 Å². The normalized spacial score (nSPS) is 15.3. The molecule has 0 saturated heterocycles. The Balaban J connectivity index is 2.38. The fourth-order valence-corrected chi connectivity index (χ4v) is 2.71. The third kappa shape index (κ3) is 7.01. The number of benzene rings is 2. The van der Waals surface area contributed by atoms with Crippen LogP contribution in [0.4, 0.5) is 30.7 Å². The van der Waals surface area contributed by atoms with Crippen LogP contribution in [-0.4, -0.2) is 23.8 Å². The van der Waals surface area contributed by atoms with E-state index in [0.29, 0.717) is 12.1 Å². The zero-order valence-electron chi connectivity index (χ0n) is 16.8. The quantitative estimate of drug-likeness (QED) is 0.405. The van der Waals surface area contributed by atoms with Crippen LogP contribution in [0.15, 0.2) is 42.5 Å². The molecule has 0 aromatic heterocycles. The summed E-state index contributed by atoms with van der Waals surface area (Å²) < 4.78 is 102.